The summed E-state index contributed by atoms with van der Waals surface area (Å²) < 4.78 is 16.7. The van der Waals surface area contributed by atoms with Crippen LogP contribution in [-0.2, 0) is 10.3 Å². The van der Waals surface area contributed by atoms with Crippen molar-refractivity contribution in [2.24, 2.45) is 5.92 Å². The van der Waals surface area contributed by atoms with E-state index in [0.717, 1.165) is 30.7 Å². The highest BCUT2D eigenvalue weighted by atomic mass is 16.5. The zero-order chi connectivity index (χ0) is 13.7. The normalized spacial score (nSPS) is 29.0. The lowest BCUT2D eigenvalue weighted by molar-refractivity contribution is -0.164. The monoisotopic (exact) mass is 275 g/mol. The fraction of sp³-hybridized carbons (Fsp3) is 0.643. The summed E-state index contributed by atoms with van der Waals surface area (Å²) in [5.74, 6) is 2.56. The Morgan fingerprint density at radius 3 is 2.50 bits per heavy atom. The largest absolute Gasteiger partial charge is 0.365 e. The summed E-state index contributed by atoms with van der Waals surface area (Å²) in [4.78, 5) is 4.56. The summed E-state index contributed by atoms with van der Waals surface area (Å²) in [7, 11) is 0. The Bertz CT molecular complexity index is 605. The molecule has 1 saturated carbocycles. The lowest BCUT2D eigenvalue weighted by Gasteiger charge is -2.43. The highest BCUT2D eigenvalue weighted by Gasteiger charge is 2.47. The first kappa shape index (κ1) is 12.1. The second kappa shape index (κ2) is 4.15. The molecule has 20 heavy (non-hydrogen) atoms. The van der Waals surface area contributed by atoms with Crippen LogP contribution in [0.2, 0.25) is 0 Å². The Hall–Kier alpha value is -1.69. The third kappa shape index (κ3) is 1.64. The van der Waals surface area contributed by atoms with Gasteiger partial charge in [0.2, 0.25) is 5.82 Å². The van der Waals surface area contributed by atoms with Gasteiger partial charge >= 0.3 is 0 Å². The second-order valence-electron chi connectivity index (χ2n) is 5.87. The van der Waals surface area contributed by atoms with Gasteiger partial charge in [-0.3, -0.25) is 0 Å². The molecule has 6 heteroatoms. The second-order valence-corrected chi connectivity index (χ2v) is 5.87. The Kier molecular flexibility index (Phi) is 2.51. The molecular formula is C14H17N3O3. The van der Waals surface area contributed by atoms with Gasteiger partial charge < -0.3 is 13.8 Å². The molecule has 4 heterocycles. The maximum atomic E-state index is 6.01. The molecule has 3 aliphatic rings. The Morgan fingerprint density at radius 2 is 1.90 bits per heavy atom. The van der Waals surface area contributed by atoms with Gasteiger partial charge in [-0.2, -0.15) is 4.98 Å². The Labute approximate surface area is 116 Å². The smallest absolute Gasteiger partial charge is 0.259 e. The molecule has 2 saturated heterocycles. The number of hydrogen-bond donors (Lipinski definition) is 0. The fourth-order valence-corrected chi connectivity index (χ4v) is 3.32. The summed E-state index contributed by atoms with van der Waals surface area (Å²) in [6.45, 7) is 4.54. The van der Waals surface area contributed by atoms with Crippen LogP contribution in [0.5, 0.6) is 0 Å². The number of aromatic nitrogens is 3. The van der Waals surface area contributed by atoms with Crippen LogP contribution in [0, 0.1) is 19.8 Å². The van der Waals surface area contributed by atoms with Crippen molar-refractivity contribution in [3.63, 3.8) is 0 Å². The number of fused-ring (bicyclic) bond motifs is 3. The van der Waals surface area contributed by atoms with Crippen molar-refractivity contribution in [1.29, 1.82) is 0 Å². The van der Waals surface area contributed by atoms with Gasteiger partial charge in [0.25, 0.3) is 5.89 Å². The molecule has 0 aromatic carbocycles. The van der Waals surface area contributed by atoms with Crippen molar-refractivity contribution in [2.45, 2.75) is 45.1 Å². The number of aryl methyl sites for hydroxylation is 2. The van der Waals surface area contributed by atoms with E-state index in [2.05, 4.69) is 15.3 Å². The van der Waals surface area contributed by atoms with Crippen molar-refractivity contribution in [2.75, 3.05) is 6.61 Å². The van der Waals surface area contributed by atoms with Crippen LogP contribution in [0.4, 0.5) is 0 Å². The third-order valence-electron chi connectivity index (χ3n) is 4.58. The lowest BCUT2D eigenvalue weighted by atomic mass is 9.76. The molecule has 3 fully saturated rings. The number of nitrogens with zero attached hydrogens (tertiary/aromatic N) is 3. The van der Waals surface area contributed by atoms with E-state index in [-0.39, 0.29) is 5.60 Å². The van der Waals surface area contributed by atoms with Crippen molar-refractivity contribution in [3.05, 3.63) is 17.3 Å². The third-order valence-corrected chi connectivity index (χ3v) is 4.58. The van der Waals surface area contributed by atoms with Crippen LogP contribution in [0.1, 0.15) is 43.0 Å². The average Bonchev–Trinajstić information content (AvgIpc) is 3.08. The van der Waals surface area contributed by atoms with Gasteiger partial charge in [0.05, 0.1) is 17.9 Å². The fourth-order valence-electron chi connectivity index (χ4n) is 3.32. The predicted octanol–water partition coefficient (Wildman–Crippen LogP) is 2.76. The maximum Gasteiger partial charge on any atom is 0.259 e. The van der Waals surface area contributed by atoms with E-state index >= 15 is 0 Å². The van der Waals surface area contributed by atoms with Crippen LogP contribution in [0.25, 0.3) is 11.4 Å². The van der Waals surface area contributed by atoms with E-state index in [4.69, 9.17) is 13.8 Å². The van der Waals surface area contributed by atoms with Crippen LogP contribution in [0.15, 0.2) is 9.05 Å². The van der Waals surface area contributed by atoms with Crippen molar-refractivity contribution < 1.29 is 13.8 Å². The summed E-state index contributed by atoms with van der Waals surface area (Å²) in [6, 6.07) is 0. The highest BCUT2D eigenvalue weighted by Crippen LogP contribution is 2.47. The van der Waals surface area contributed by atoms with Gasteiger partial charge in [0.15, 0.2) is 0 Å². The van der Waals surface area contributed by atoms with E-state index in [1.807, 2.05) is 13.8 Å². The van der Waals surface area contributed by atoms with Gasteiger partial charge in [-0.05, 0) is 45.4 Å². The van der Waals surface area contributed by atoms with Gasteiger partial charge in [0, 0.05) is 0 Å². The number of rotatable bonds is 2. The zero-order valence-electron chi connectivity index (χ0n) is 11.7. The molecule has 2 aliphatic heterocycles. The van der Waals surface area contributed by atoms with Crippen LogP contribution < -0.4 is 0 Å². The van der Waals surface area contributed by atoms with Crippen LogP contribution in [0.3, 0.4) is 0 Å². The van der Waals surface area contributed by atoms with Gasteiger partial charge in [-0.1, -0.05) is 10.3 Å². The van der Waals surface area contributed by atoms with Crippen molar-refractivity contribution in [1.82, 2.24) is 15.3 Å². The summed E-state index contributed by atoms with van der Waals surface area (Å²) in [5.41, 5.74) is 1.24. The van der Waals surface area contributed by atoms with E-state index in [1.54, 1.807) is 0 Å². The standard InChI is InChI=1S/C14H17N3O3/c1-8-11(9(2)19-16-8)12-15-13(20-17-12)14-5-3-10(4-6-14)7-18-14/h10H,3-7H2,1-2H3. The molecule has 0 radical (unpaired) electrons. The predicted molar refractivity (Wildman–Crippen MR) is 68.9 cm³/mol. The summed E-state index contributed by atoms with van der Waals surface area (Å²) in [5, 5.41) is 8.03. The van der Waals surface area contributed by atoms with E-state index < -0.39 is 0 Å². The summed E-state index contributed by atoms with van der Waals surface area (Å²) in [6.07, 6.45) is 4.31. The molecular weight excluding hydrogens is 258 g/mol. The molecule has 2 aromatic heterocycles. The molecule has 0 unspecified atom stereocenters. The van der Waals surface area contributed by atoms with E-state index in [1.165, 1.54) is 12.8 Å². The molecule has 0 spiro atoms. The Balaban J connectivity index is 1.72. The molecule has 0 amide bonds. The molecule has 6 nitrogen and oxygen atoms in total. The minimum atomic E-state index is -0.362. The lowest BCUT2D eigenvalue weighted by Crippen LogP contribution is -2.42. The minimum absolute atomic E-state index is 0.362. The number of ether oxygens (including phenoxy) is 1. The van der Waals surface area contributed by atoms with Crippen molar-refractivity contribution in [3.8, 4) is 11.4 Å². The minimum Gasteiger partial charge on any atom is -0.365 e. The first-order valence-electron chi connectivity index (χ1n) is 7.09. The molecule has 2 aromatic rings. The van der Waals surface area contributed by atoms with Crippen LogP contribution in [-0.4, -0.2) is 21.9 Å². The average molecular weight is 275 g/mol. The maximum absolute atomic E-state index is 6.01. The number of hydrogen-bond acceptors (Lipinski definition) is 6. The quantitative estimate of drug-likeness (QED) is 0.839. The summed E-state index contributed by atoms with van der Waals surface area (Å²) >= 11 is 0. The molecule has 106 valence electrons. The molecule has 2 bridgehead atoms. The van der Waals surface area contributed by atoms with Crippen LogP contribution >= 0.6 is 0 Å². The SMILES string of the molecule is Cc1noc(C)c1-c1noc(C23CCC(CC2)CO3)n1. The molecule has 0 atom stereocenters. The zero-order valence-corrected chi connectivity index (χ0v) is 11.7. The highest BCUT2D eigenvalue weighted by molar-refractivity contribution is 5.59. The van der Waals surface area contributed by atoms with E-state index in [9.17, 15) is 0 Å². The van der Waals surface area contributed by atoms with Gasteiger partial charge in [0.1, 0.15) is 11.4 Å². The topological polar surface area (TPSA) is 74.2 Å². The molecule has 5 rings (SSSR count). The first-order valence-corrected chi connectivity index (χ1v) is 7.09. The van der Waals surface area contributed by atoms with Gasteiger partial charge in [-0.15, -0.1) is 0 Å². The Morgan fingerprint density at radius 1 is 1.10 bits per heavy atom. The van der Waals surface area contributed by atoms with E-state index in [0.29, 0.717) is 23.4 Å². The van der Waals surface area contributed by atoms with Crippen molar-refractivity contribution >= 4 is 0 Å². The first-order chi connectivity index (χ1) is 9.68. The molecule has 1 aliphatic carbocycles. The molecule has 0 N–H and O–H groups in total. The van der Waals surface area contributed by atoms with Gasteiger partial charge in [-0.25, -0.2) is 0 Å².